The molecule has 1 aliphatic rings. The van der Waals surface area contributed by atoms with Crippen LogP contribution < -0.4 is 4.74 Å². The summed E-state index contributed by atoms with van der Waals surface area (Å²) in [4.78, 5) is 48.7. The zero-order valence-corrected chi connectivity index (χ0v) is 24.4. The molecule has 1 N–H and O–H groups in total. The summed E-state index contributed by atoms with van der Waals surface area (Å²) in [5.74, 6) is -2.47. The first kappa shape index (κ1) is 32.4. The predicted molar refractivity (Wildman–Crippen MR) is 146 cm³/mol. The number of esters is 4. The number of carbonyl (C=O) groups excluding carboxylic acids is 4. The Morgan fingerprint density at radius 3 is 2.14 bits per heavy atom. The molecule has 1 aliphatic heterocycles. The van der Waals surface area contributed by atoms with Gasteiger partial charge in [-0.1, -0.05) is 18.2 Å². The van der Waals surface area contributed by atoms with E-state index in [0.717, 1.165) is 11.1 Å². The summed E-state index contributed by atoms with van der Waals surface area (Å²) in [5.41, 5.74) is 2.08. The summed E-state index contributed by atoms with van der Waals surface area (Å²) in [6.45, 7) is 5.53. The SMILES string of the molecule is CCOC(=O)c1cc(Cc2ccc([C@H]3O[C@@H](C)[C@@H](OC(C)=O)[C@@H](OC(=O)COC)[C@@H]3OC(C)=O)c(OC)c2)ccc1O. The highest BCUT2D eigenvalue weighted by atomic mass is 16.7. The predicted octanol–water partition coefficient (Wildman–Crippen LogP) is 3.05. The lowest BCUT2D eigenvalue weighted by Gasteiger charge is -2.44. The molecular formula is C30H36O12. The van der Waals surface area contributed by atoms with Crippen molar-refractivity contribution in [1.82, 2.24) is 0 Å². The molecule has 0 amide bonds. The minimum atomic E-state index is -1.21. The first-order chi connectivity index (χ1) is 20.0. The Morgan fingerprint density at radius 2 is 1.52 bits per heavy atom. The number of benzene rings is 2. The van der Waals surface area contributed by atoms with Crippen molar-refractivity contribution in [3.63, 3.8) is 0 Å². The number of methoxy groups -OCH3 is 2. The van der Waals surface area contributed by atoms with Gasteiger partial charge in [-0.25, -0.2) is 9.59 Å². The second-order valence-corrected chi connectivity index (χ2v) is 9.62. The molecule has 12 heteroatoms. The average molecular weight is 589 g/mol. The number of ether oxygens (including phenoxy) is 7. The number of phenols is 1. The first-order valence-corrected chi connectivity index (χ1v) is 13.3. The maximum Gasteiger partial charge on any atom is 0.341 e. The van der Waals surface area contributed by atoms with E-state index in [1.807, 2.05) is 0 Å². The molecule has 0 saturated carbocycles. The van der Waals surface area contributed by atoms with Crippen LogP contribution in [0.4, 0.5) is 0 Å². The van der Waals surface area contributed by atoms with Crippen LogP contribution in [0.5, 0.6) is 11.5 Å². The molecule has 0 bridgehead atoms. The van der Waals surface area contributed by atoms with Crippen molar-refractivity contribution in [2.75, 3.05) is 27.4 Å². The second kappa shape index (κ2) is 14.6. The number of rotatable bonds is 11. The van der Waals surface area contributed by atoms with E-state index < -0.39 is 54.4 Å². The van der Waals surface area contributed by atoms with E-state index in [0.29, 0.717) is 17.7 Å². The molecule has 42 heavy (non-hydrogen) atoms. The molecule has 5 atom stereocenters. The average Bonchev–Trinajstić information content (AvgIpc) is 2.93. The molecule has 0 radical (unpaired) electrons. The Kier molecular flexibility index (Phi) is 11.3. The molecule has 1 fully saturated rings. The van der Waals surface area contributed by atoms with E-state index in [1.165, 1.54) is 34.1 Å². The third kappa shape index (κ3) is 7.98. The van der Waals surface area contributed by atoms with E-state index in [9.17, 15) is 24.3 Å². The quantitative estimate of drug-likeness (QED) is 0.303. The van der Waals surface area contributed by atoms with Crippen LogP contribution in [0.15, 0.2) is 36.4 Å². The molecule has 0 aliphatic carbocycles. The van der Waals surface area contributed by atoms with E-state index in [-0.39, 0.29) is 24.5 Å². The van der Waals surface area contributed by atoms with Crippen molar-refractivity contribution in [3.05, 3.63) is 58.7 Å². The first-order valence-electron chi connectivity index (χ1n) is 13.3. The monoisotopic (exact) mass is 588 g/mol. The Labute approximate surface area is 243 Å². The van der Waals surface area contributed by atoms with Crippen LogP contribution in [0.25, 0.3) is 0 Å². The summed E-state index contributed by atoms with van der Waals surface area (Å²) >= 11 is 0. The number of phenolic OH excluding ortho intramolecular Hbond substituents is 1. The number of hydrogen-bond donors (Lipinski definition) is 1. The molecule has 0 aromatic heterocycles. The summed E-state index contributed by atoms with van der Waals surface area (Å²) in [6.07, 6.45) is -4.84. The van der Waals surface area contributed by atoms with Crippen molar-refractivity contribution in [3.8, 4) is 11.5 Å². The van der Waals surface area contributed by atoms with Gasteiger partial charge >= 0.3 is 23.9 Å². The van der Waals surface area contributed by atoms with Crippen molar-refractivity contribution >= 4 is 23.9 Å². The van der Waals surface area contributed by atoms with Crippen molar-refractivity contribution in [1.29, 1.82) is 0 Å². The lowest BCUT2D eigenvalue weighted by Crippen LogP contribution is -2.57. The van der Waals surface area contributed by atoms with Gasteiger partial charge in [-0.05, 0) is 49.6 Å². The standard InChI is InChI=1S/C30H36O12/c1-7-38-30(35)22-13-19(9-11-23(22)33)12-20-8-10-21(24(14-20)37-6)27-29(41-18(4)32)28(42-25(34)15-36-5)26(16(2)39-27)40-17(3)31/h8-11,13-14,16,26-29,33H,7,12,15H2,1-6H3/t16-,26+,27+,28+,29+/m0/s1. The lowest BCUT2D eigenvalue weighted by molar-refractivity contribution is -0.247. The van der Waals surface area contributed by atoms with Crippen LogP contribution in [-0.4, -0.2) is 80.8 Å². The fourth-order valence-electron chi connectivity index (χ4n) is 4.78. The van der Waals surface area contributed by atoms with Gasteiger partial charge in [-0.2, -0.15) is 0 Å². The number of aromatic hydroxyl groups is 1. The molecule has 1 saturated heterocycles. The number of carbonyl (C=O) groups is 4. The highest BCUT2D eigenvalue weighted by Crippen LogP contribution is 2.41. The molecule has 1 heterocycles. The highest BCUT2D eigenvalue weighted by Gasteiger charge is 2.51. The second-order valence-electron chi connectivity index (χ2n) is 9.62. The van der Waals surface area contributed by atoms with Gasteiger partial charge in [0.15, 0.2) is 18.3 Å². The Bertz CT molecular complexity index is 1290. The third-order valence-electron chi connectivity index (χ3n) is 6.47. The number of hydrogen-bond acceptors (Lipinski definition) is 12. The van der Waals surface area contributed by atoms with Gasteiger partial charge in [0, 0.05) is 26.5 Å². The summed E-state index contributed by atoms with van der Waals surface area (Å²) in [6, 6.07) is 9.97. The fraction of sp³-hybridized carbons (Fsp3) is 0.467. The molecule has 0 spiro atoms. The van der Waals surface area contributed by atoms with Crippen LogP contribution in [0.2, 0.25) is 0 Å². The van der Waals surface area contributed by atoms with E-state index in [4.69, 9.17) is 33.2 Å². The Balaban J connectivity index is 1.99. The van der Waals surface area contributed by atoms with Gasteiger partial charge in [0.2, 0.25) is 0 Å². The molecular weight excluding hydrogens is 552 g/mol. The van der Waals surface area contributed by atoms with Gasteiger partial charge in [0.05, 0.1) is 19.8 Å². The van der Waals surface area contributed by atoms with Gasteiger partial charge in [0.25, 0.3) is 0 Å². The smallest absolute Gasteiger partial charge is 0.341 e. The van der Waals surface area contributed by atoms with Gasteiger partial charge in [0.1, 0.15) is 29.8 Å². The summed E-state index contributed by atoms with van der Waals surface area (Å²) in [5, 5.41) is 10.1. The lowest BCUT2D eigenvalue weighted by atomic mass is 9.89. The molecule has 2 aromatic rings. The van der Waals surface area contributed by atoms with Crippen LogP contribution in [0.1, 0.15) is 60.8 Å². The Morgan fingerprint density at radius 1 is 0.881 bits per heavy atom. The fourth-order valence-corrected chi connectivity index (χ4v) is 4.78. The van der Waals surface area contributed by atoms with Gasteiger partial charge in [-0.3, -0.25) is 9.59 Å². The van der Waals surface area contributed by atoms with Gasteiger partial charge < -0.3 is 38.3 Å². The summed E-state index contributed by atoms with van der Waals surface area (Å²) in [7, 11) is 2.79. The van der Waals surface area contributed by atoms with Gasteiger partial charge in [-0.15, -0.1) is 0 Å². The summed E-state index contributed by atoms with van der Waals surface area (Å²) < 4.78 is 38.4. The van der Waals surface area contributed by atoms with E-state index in [2.05, 4.69) is 0 Å². The van der Waals surface area contributed by atoms with Crippen molar-refractivity contribution < 1.29 is 57.4 Å². The zero-order valence-electron chi connectivity index (χ0n) is 24.4. The molecule has 12 nitrogen and oxygen atoms in total. The minimum absolute atomic E-state index is 0.0585. The largest absolute Gasteiger partial charge is 0.507 e. The van der Waals surface area contributed by atoms with E-state index >= 15 is 0 Å². The van der Waals surface area contributed by atoms with Crippen LogP contribution in [0, 0.1) is 0 Å². The third-order valence-corrected chi connectivity index (χ3v) is 6.47. The minimum Gasteiger partial charge on any atom is -0.507 e. The van der Waals surface area contributed by atoms with Crippen molar-refractivity contribution in [2.24, 2.45) is 0 Å². The maximum atomic E-state index is 12.5. The molecule has 228 valence electrons. The Hall–Kier alpha value is -4.16. The van der Waals surface area contributed by atoms with Crippen LogP contribution in [0.3, 0.4) is 0 Å². The molecule has 0 unspecified atom stereocenters. The van der Waals surface area contributed by atoms with Crippen LogP contribution in [-0.2, 0) is 49.2 Å². The maximum absolute atomic E-state index is 12.5. The normalized spacial score (nSPS) is 21.6. The van der Waals surface area contributed by atoms with Crippen LogP contribution >= 0.6 is 0 Å². The van der Waals surface area contributed by atoms with Crippen molar-refractivity contribution in [2.45, 2.75) is 64.6 Å². The van der Waals surface area contributed by atoms with E-state index in [1.54, 1.807) is 44.2 Å². The zero-order chi connectivity index (χ0) is 31.0. The highest BCUT2D eigenvalue weighted by molar-refractivity contribution is 5.92. The molecule has 2 aromatic carbocycles. The molecule has 3 rings (SSSR count). The topological polar surface area (TPSA) is 153 Å².